The molecule has 0 bridgehead atoms. The lowest BCUT2D eigenvalue weighted by atomic mass is 10.0. The largest absolute Gasteiger partial charge is 0.483 e. The number of imide groups is 1. The van der Waals surface area contributed by atoms with E-state index in [1.165, 1.54) is 4.90 Å². The molecule has 0 spiro atoms. The highest BCUT2D eigenvalue weighted by atomic mass is 16.6. The second-order valence-electron chi connectivity index (χ2n) is 8.75. The summed E-state index contributed by atoms with van der Waals surface area (Å²) in [6, 6.07) is 4.20. The van der Waals surface area contributed by atoms with Gasteiger partial charge in [0.05, 0.1) is 6.54 Å². The summed E-state index contributed by atoms with van der Waals surface area (Å²) >= 11 is 0. The van der Waals surface area contributed by atoms with Crippen molar-refractivity contribution in [2.75, 3.05) is 19.7 Å². The Balaban J connectivity index is 1.50. The van der Waals surface area contributed by atoms with Gasteiger partial charge in [-0.15, -0.1) is 0 Å². The fourth-order valence-corrected chi connectivity index (χ4v) is 3.57. The minimum atomic E-state index is -0.726. The molecule has 5 amide bonds. The molecule has 178 valence electrons. The normalized spacial score (nSPS) is 17.8. The first-order valence-electron chi connectivity index (χ1n) is 10.7. The predicted molar refractivity (Wildman–Crippen MR) is 115 cm³/mol. The van der Waals surface area contributed by atoms with Gasteiger partial charge in [-0.3, -0.25) is 24.5 Å². The summed E-state index contributed by atoms with van der Waals surface area (Å²) in [6.45, 7) is 5.51. The highest BCUT2D eigenvalue weighted by Gasteiger charge is 2.40. The summed E-state index contributed by atoms with van der Waals surface area (Å²) in [6.07, 6.45) is -0.138. The van der Waals surface area contributed by atoms with E-state index in [9.17, 15) is 24.0 Å². The number of hydrogen-bond donors (Lipinski definition) is 3. The molecule has 2 aliphatic heterocycles. The fourth-order valence-electron chi connectivity index (χ4n) is 3.57. The van der Waals surface area contributed by atoms with Crippen LogP contribution in [-0.4, -0.2) is 66.0 Å². The van der Waals surface area contributed by atoms with Crippen molar-refractivity contribution >= 4 is 29.7 Å². The van der Waals surface area contributed by atoms with E-state index >= 15 is 0 Å². The molecular weight excluding hydrogens is 432 g/mol. The van der Waals surface area contributed by atoms with Gasteiger partial charge in [-0.25, -0.2) is 4.79 Å². The van der Waals surface area contributed by atoms with E-state index in [1.807, 2.05) is 0 Å². The number of nitrogens with zero attached hydrogens (tertiary/aromatic N) is 1. The van der Waals surface area contributed by atoms with Gasteiger partial charge in [-0.1, -0.05) is 6.07 Å². The Hall–Kier alpha value is -3.63. The molecule has 1 aromatic carbocycles. The Labute approximate surface area is 191 Å². The summed E-state index contributed by atoms with van der Waals surface area (Å²) in [4.78, 5) is 61.5. The Kier molecular flexibility index (Phi) is 7.19. The van der Waals surface area contributed by atoms with Gasteiger partial charge in [-0.05, 0) is 39.3 Å². The van der Waals surface area contributed by atoms with Crippen LogP contribution in [0.25, 0.3) is 0 Å². The third kappa shape index (κ3) is 6.21. The van der Waals surface area contributed by atoms with Crippen LogP contribution in [0, 0.1) is 0 Å². The molecule has 1 aromatic rings. The standard InChI is InChI=1S/C22H28N4O7/c1-22(2,3)33-21(31)24-10-9-23-18(28)12-32-16-6-4-5-13-14(16)11-26(20(13)30)15-7-8-17(27)25-19(15)29/h4-6,15H,7-12H2,1-3H3,(H,23,28)(H,24,31)(H,25,27,29). The van der Waals surface area contributed by atoms with Gasteiger partial charge < -0.3 is 25.0 Å². The zero-order valence-corrected chi connectivity index (χ0v) is 18.9. The predicted octanol–water partition coefficient (Wildman–Crippen LogP) is 0.467. The molecule has 0 aliphatic carbocycles. The van der Waals surface area contributed by atoms with Crippen LogP contribution < -0.4 is 20.7 Å². The smallest absolute Gasteiger partial charge is 0.407 e. The molecule has 33 heavy (non-hydrogen) atoms. The molecule has 1 unspecified atom stereocenters. The number of nitrogens with one attached hydrogen (secondary N) is 3. The number of alkyl carbamates (subject to hydrolysis) is 1. The van der Waals surface area contributed by atoms with Crippen molar-refractivity contribution in [3.63, 3.8) is 0 Å². The van der Waals surface area contributed by atoms with Gasteiger partial charge in [0.15, 0.2) is 6.61 Å². The maximum absolute atomic E-state index is 12.8. The second kappa shape index (κ2) is 9.88. The molecular formula is C22H28N4O7. The molecule has 1 fully saturated rings. The van der Waals surface area contributed by atoms with Gasteiger partial charge >= 0.3 is 6.09 Å². The summed E-state index contributed by atoms with van der Waals surface area (Å²) in [5, 5.41) is 7.42. The SMILES string of the molecule is CC(C)(C)OC(=O)NCCNC(=O)COc1cccc2c1CN(C1CCC(=O)NC1=O)C2=O. The number of carbonyl (C=O) groups excluding carboxylic acids is 5. The average Bonchev–Trinajstić information content (AvgIpc) is 3.05. The van der Waals surface area contributed by atoms with Crippen LogP contribution in [0.4, 0.5) is 4.79 Å². The first-order chi connectivity index (χ1) is 15.5. The van der Waals surface area contributed by atoms with E-state index in [-0.39, 0.29) is 50.9 Å². The number of amides is 5. The number of carbonyl (C=O) groups is 5. The summed E-state index contributed by atoms with van der Waals surface area (Å²) in [5.74, 6) is -1.18. The van der Waals surface area contributed by atoms with Crippen molar-refractivity contribution in [3.05, 3.63) is 29.3 Å². The first-order valence-corrected chi connectivity index (χ1v) is 10.7. The molecule has 11 heteroatoms. The van der Waals surface area contributed by atoms with Crippen LogP contribution in [0.1, 0.15) is 49.5 Å². The zero-order valence-electron chi connectivity index (χ0n) is 18.9. The van der Waals surface area contributed by atoms with E-state index < -0.39 is 29.6 Å². The number of fused-ring (bicyclic) bond motifs is 1. The lowest BCUT2D eigenvalue weighted by molar-refractivity contribution is -0.137. The monoisotopic (exact) mass is 460 g/mol. The minimum Gasteiger partial charge on any atom is -0.483 e. The molecule has 0 radical (unpaired) electrons. The van der Waals surface area contributed by atoms with Crippen molar-refractivity contribution in [2.24, 2.45) is 0 Å². The molecule has 0 aromatic heterocycles. The Morgan fingerprint density at radius 3 is 2.58 bits per heavy atom. The Bertz CT molecular complexity index is 970. The fraction of sp³-hybridized carbons (Fsp3) is 0.500. The van der Waals surface area contributed by atoms with E-state index in [0.717, 1.165) is 0 Å². The van der Waals surface area contributed by atoms with Crippen LogP contribution in [0.15, 0.2) is 18.2 Å². The van der Waals surface area contributed by atoms with Crippen molar-refractivity contribution in [2.45, 2.75) is 51.8 Å². The quantitative estimate of drug-likeness (QED) is 0.396. The number of hydrogen-bond acceptors (Lipinski definition) is 7. The van der Waals surface area contributed by atoms with Gasteiger partial charge in [0.25, 0.3) is 11.8 Å². The number of ether oxygens (including phenoxy) is 2. The number of rotatable bonds is 7. The lowest BCUT2D eigenvalue weighted by Crippen LogP contribution is -2.52. The topological polar surface area (TPSA) is 143 Å². The van der Waals surface area contributed by atoms with E-state index in [1.54, 1.807) is 39.0 Å². The molecule has 1 atom stereocenters. The minimum absolute atomic E-state index is 0.151. The van der Waals surface area contributed by atoms with Crippen LogP contribution >= 0.6 is 0 Å². The molecule has 2 aliphatic rings. The van der Waals surface area contributed by atoms with Crippen LogP contribution in [0.2, 0.25) is 0 Å². The second-order valence-corrected chi connectivity index (χ2v) is 8.75. The molecule has 1 saturated heterocycles. The Morgan fingerprint density at radius 2 is 1.88 bits per heavy atom. The average molecular weight is 460 g/mol. The summed E-state index contributed by atoms with van der Waals surface area (Å²) in [5.41, 5.74) is 0.387. The van der Waals surface area contributed by atoms with Crippen LogP contribution in [-0.2, 0) is 25.7 Å². The molecule has 3 N–H and O–H groups in total. The zero-order chi connectivity index (χ0) is 24.2. The summed E-state index contributed by atoms with van der Waals surface area (Å²) < 4.78 is 10.7. The molecule has 11 nitrogen and oxygen atoms in total. The maximum atomic E-state index is 12.8. The lowest BCUT2D eigenvalue weighted by Gasteiger charge is -2.29. The van der Waals surface area contributed by atoms with Crippen molar-refractivity contribution in [3.8, 4) is 5.75 Å². The van der Waals surface area contributed by atoms with Crippen molar-refractivity contribution in [1.29, 1.82) is 0 Å². The van der Waals surface area contributed by atoms with Gasteiger partial charge in [0.2, 0.25) is 11.8 Å². The highest BCUT2D eigenvalue weighted by Crippen LogP contribution is 2.33. The number of piperidine rings is 1. The third-order valence-electron chi connectivity index (χ3n) is 5.01. The Morgan fingerprint density at radius 1 is 1.15 bits per heavy atom. The maximum Gasteiger partial charge on any atom is 0.407 e. The van der Waals surface area contributed by atoms with E-state index in [2.05, 4.69) is 16.0 Å². The summed E-state index contributed by atoms with van der Waals surface area (Å²) in [7, 11) is 0. The van der Waals surface area contributed by atoms with Gasteiger partial charge in [0, 0.05) is 30.6 Å². The molecule has 3 rings (SSSR count). The van der Waals surface area contributed by atoms with Gasteiger partial charge in [0.1, 0.15) is 17.4 Å². The molecule has 2 heterocycles. The van der Waals surface area contributed by atoms with Gasteiger partial charge in [-0.2, -0.15) is 0 Å². The van der Waals surface area contributed by atoms with E-state index in [4.69, 9.17) is 9.47 Å². The van der Waals surface area contributed by atoms with Crippen LogP contribution in [0.5, 0.6) is 5.75 Å². The first kappa shape index (κ1) is 24.0. The highest BCUT2D eigenvalue weighted by molar-refractivity contribution is 6.05. The number of benzene rings is 1. The van der Waals surface area contributed by atoms with Crippen LogP contribution in [0.3, 0.4) is 0 Å². The van der Waals surface area contributed by atoms with E-state index in [0.29, 0.717) is 16.9 Å². The van der Waals surface area contributed by atoms with Crippen molar-refractivity contribution in [1.82, 2.24) is 20.9 Å². The van der Waals surface area contributed by atoms with Crippen molar-refractivity contribution < 1.29 is 33.4 Å². The third-order valence-corrected chi connectivity index (χ3v) is 5.01. The molecule has 0 saturated carbocycles.